The monoisotopic (exact) mass is 412 g/mol. The summed E-state index contributed by atoms with van der Waals surface area (Å²) in [6, 6.07) is 7.71. The maximum atomic E-state index is 13.2. The van der Waals surface area contributed by atoms with E-state index in [4.69, 9.17) is 4.98 Å². The molecule has 9 heteroatoms. The number of para-hydroxylation sites is 2. The Kier molecular flexibility index (Phi) is 4.40. The van der Waals surface area contributed by atoms with Crippen LogP contribution in [0.4, 0.5) is 0 Å². The van der Waals surface area contributed by atoms with E-state index in [0.717, 1.165) is 33.4 Å². The highest BCUT2D eigenvalue weighted by atomic mass is 16.1. The summed E-state index contributed by atoms with van der Waals surface area (Å²) in [4.78, 5) is 18.0. The van der Waals surface area contributed by atoms with Gasteiger partial charge in [-0.2, -0.15) is 0 Å². The molecule has 3 heterocycles. The number of nitrogens with zero attached hydrogens (tertiary/aromatic N) is 8. The Bertz CT molecular complexity index is 1600. The zero-order valence-corrected chi connectivity index (χ0v) is 17.3. The van der Waals surface area contributed by atoms with Crippen LogP contribution in [0, 0.1) is 0 Å². The minimum atomic E-state index is -0.139. The molecule has 9 nitrogen and oxygen atoms in total. The van der Waals surface area contributed by atoms with Crippen LogP contribution in [-0.2, 0) is 26.6 Å². The van der Waals surface area contributed by atoms with E-state index in [1.807, 2.05) is 44.3 Å². The SMILES string of the molecule is C=C(C)n1c(=O)n(Cc2nc3c(n2CCc2nnnn2C)=C=C=CC=3)c2ccccc21. The molecule has 4 aromatic rings. The molecule has 0 spiro atoms. The van der Waals surface area contributed by atoms with Crippen molar-refractivity contribution in [3.05, 3.63) is 75.5 Å². The first kappa shape index (κ1) is 18.8. The van der Waals surface area contributed by atoms with E-state index in [0.29, 0.717) is 25.2 Å². The molecule has 0 aliphatic heterocycles. The predicted molar refractivity (Wildman–Crippen MR) is 116 cm³/mol. The highest BCUT2D eigenvalue weighted by molar-refractivity contribution is 5.79. The number of allylic oxidation sites excluding steroid dienone is 2. The normalized spacial score (nSPS) is 12.1. The van der Waals surface area contributed by atoms with Gasteiger partial charge in [-0.15, -0.1) is 5.10 Å². The molecular weight excluding hydrogens is 392 g/mol. The fourth-order valence-corrected chi connectivity index (χ4v) is 3.90. The molecule has 31 heavy (non-hydrogen) atoms. The molecule has 0 saturated heterocycles. The molecule has 0 N–H and O–H groups in total. The molecule has 0 amide bonds. The van der Waals surface area contributed by atoms with E-state index in [1.165, 1.54) is 0 Å². The number of imidazole rings is 2. The maximum Gasteiger partial charge on any atom is 0.333 e. The van der Waals surface area contributed by atoms with Gasteiger partial charge in [-0.05, 0) is 47.4 Å². The molecule has 0 saturated carbocycles. The van der Waals surface area contributed by atoms with Crippen LogP contribution >= 0.6 is 0 Å². The lowest BCUT2D eigenvalue weighted by Gasteiger charge is -2.08. The molecule has 0 atom stereocenters. The number of tetrazole rings is 1. The third kappa shape index (κ3) is 3.09. The van der Waals surface area contributed by atoms with Crippen molar-refractivity contribution in [2.24, 2.45) is 7.05 Å². The van der Waals surface area contributed by atoms with Crippen molar-refractivity contribution in [1.29, 1.82) is 0 Å². The molecule has 154 valence electrons. The highest BCUT2D eigenvalue weighted by Crippen LogP contribution is 2.16. The van der Waals surface area contributed by atoms with Gasteiger partial charge in [0.05, 0.1) is 22.9 Å². The Morgan fingerprint density at radius 2 is 1.97 bits per heavy atom. The van der Waals surface area contributed by atoms with E-state index < -0.39 is 0 Å². The number of benzene rings is 1. The van der Waals surface area contributed by atoms with Gasteiger partial charge in [-0.1, -0.05) is 24.4 Å². The number of hydrogen-bond acceptors (Lipinski definition) is 5. The number of rotatable bonds is 6. The van der Waals surface area contributed by atoms with E-state index in [-0.39, 0.29) is 5.69 Å². The molecule has 0 unspecified atom stereocenters. The van der Waals surface area contributed by atoms with Crippen molar-refractivity contribution in [3.63, 3.8) is 0 Å². The van der Waals surface area contributed by atoms with Gasteiger partial charge < -0.3 is 4.57 Å². The van der Waals surface area contributed by atoms with Crippen molar-refractivity contribution in [1.82, 2.24) is 38.9 Å². The summed E-state index contributed by atoms with van der Waals surface area (Å²) in [5, 5.41) is 13.3. The minimum absolute atomic E-state index is 0.139. The number of aryl methyl sites for hydroxylation is 2. The number of aromatic nitrogens is 8. The Balaban J connectivity index is 1.63. The highest BCUT2D eigenvalue weighted by Gasteiger charge is 2.17. The van der Waals surface area contributed by atoms with E-state index in [1.54, 1.807) is 19.9 Å². The molecular formula is C22H20N8O. The van der Waals surface area contributed by atoms with Gasteiger partial charge in [0.15, 0.2) is 5.82 Å². The van der Waals surface area contributed by atoms with Crippen LogP contribution in [0.5, 0.6) is 0 Å². The van der Waals surface area contributed by atoms with Crippen molar-refractivity contribution >= 4 is 28.5 Å². The Labute approximate surface area is 176 Å². The standard InChI is InChI=1S/C22H20N8O/c1-15(2)30-19-11-7-6-10-18(19)29(22(30)31)14-21-23-16-8-4-5-9-17(16)28(21)13-12-20-24-25-26-27(20)3/h4,6-8,10-11H,1,12-14H2,2-3H3. The average Bonchev–Trinajstić information content (AvgIpc) is 3.41. The van der Waals surface area contributed by atoms with Crippen molar-refractivity contribution in [2.75, 3.05) is 0 Å². The lowest BCUT2D eigenvalue weighted by atomic mass is 10.3. The zero-order chi connectivity index (χ0) is 21.5. The molecule has 0 bridgehead atoms. The van der Waals surface area contributed by atoms with Crippen LogP contribution in [0.25, 0.3) is 28.5 Å². The predicted octanol–water partition coefficient (Wildman–Crippen LogP) is 0.189. The van der Waals surface area contributed by atoms with E-state index in [9.17, 15) is 4.79 Å². The summed E-state index contributed by atoms with van der Waals surface area (Å²) in [7, 11) is 1.81. The summed E-state index contributed by atoms with van der Waals surface area (Å²) < 4.78 is 7.07. The smallest absolute Gasteiger partial charge is 0.319 e. The van der Waals surface area contributed by atoms with Crippen LogP contribution in [0.1, 0.15) is 18.6 Å². The number of hydrogen-bond donors (Lipinski definition) is 0. The lowest BCUT2D eigenvalue weighted by Crippen LogP contribution is -2.31. The van der Waals surface area contributed by atoms with Gasteiger partial charge in [-0.25, -0.2) is 14.5 Å². The quantitative estimate of drug-likeness (QED) is 0.422. The fraction of sp³-hybridized carbons (Fsp3) is 0.227. The molecule has 1 aromatic carbocycles. The Morgan fingerprint density at radius 1 is 1.16 bits per heavy atom. The molecule has 0 fully saturated rings. The third-order valence-corrected chi connectivity index (χ3v) is 5.37. The lowest BCUT2D eigenvalue weighted by molar-refractivity contribution is 0.579. The van der Waals surface area contributed by atoms with E-state index >= 15 is 0 Å². The fourth-order valence-electron chi connectivity index (χ4n) is 3.90. The summed E-state index contributed by atoms with van der Waals surface area (Å²) in [6.07, 6.45) is 4.30. The number of fused-ring (bicyclic) bond motifs is 2. The zero-order valence-electron chi connectivity index (χ0n) is 17.3. The van der Waals surface area contributed by atoms with Gasteiger partial charge >= 0.3 is 5.69 Å². The molecule has 0 radical (unpaired) electrons. The summed E-state index contributed by atoms with van der Waals surface area (Å²) in [5.74, 6) is 1.52. The third-order valence-electron chi connectivity index (χ3n) is 5.37. The van der Waals surface area contributed by atoms with Crippen LogP contribution < -0.4 is 16.4 Å². The van der Waals surface area contributed by atoms with Crippen LogP contribution in [-0.4, -0.2) is 38.9 Å². The first-order valence-corrected chi connectivity index (χ1v) is 9.89. The molecule has 5 rings (SSSR count). The van der Waals surface area contributed by atoms with Gasteiger partial charge in [0.1, 0.15) is 11.2 Å². The van der Waals surface area contributed by atoms with E-state index in [2.05, 4.69) is 38.1 Å². The minimum Gasteiger partial charge on any atom is -0.319 e. The summed E-state index contributed by atoms with van der Waals surface area (Å²) in [5.41, 5.74) is 8.35. The van der Waals surface area contributed by atoms with Crippen molar-refractivity contribution in [3.8, 4) is 0 Å². The molecule has 1 aliphatic carbocycles. The van der Waals surface area contributed by atoms with Crippen LogP contribution in [0.3, 0.4) is 0 Å². The van der Waals surface area contributed by atoms with Gasteiger partial charge in [-0.3, -0.25) is 9.13 Å². The maximum absolute atomic E-state index is 13.2. The summed E-state index contributed by atoms with van der Waals surface area (Å²) >= 11 is 0. The van der Waals surface area contributed by atoms with Crippen molar-refractivity contribution in [2.45, 2.75) is 26.4 Å². The largest absolute Gasteiger partial charge is 0.333 e. The Hall–Kier alpha value is -4.19. The molecule has 3 aromatic heterocycles. The van der Waals surface area contributed by atoms with Crippen molar-refractivity contribution < 1.29 is 0 Å². The van der Waals surface area contributed by atoms with Gasteiger partial charge in [0.25, 0.3) is 0 Å². The Morgan fingerprint density at radius 3 is 2.71 bits per heavy atom. The first-order chi connectivity index (χ1) is 15.0. The van der Waals surface area contributed by atoms with Gasteiger partial charge in [0, 0.05) is 25.7 Å². The van der Waals surface area contributed by atoms with Crippen LogP contribution in [0.2, 0.25) is 0 Å². The molecule has 1 aliphatic rings. The summed E-state index contributed by atoms with van der Waals surface area (Å²) in [6.45, 7) is 6.72. The second kappa shape index (κ2) is 7.25. The van der Waals surface area contributed by atoms with Crippen LogP contribution in [0.15, 0.2) is 47.4 Å². The first-order valence-electron chi connectivity index (χ1n) is 9.89. The van der Waals surface area contributed by atoms with Gasteiger partial charge in [0.2, 0.25) is 0 Å². The second-order valence-electron chi connectivity index (χ2n) is 7.41. The second-order valence-corrected chi connectivity index (χ2v) is 7.41. The average molecular weight is 412 g/mol. The topological polar surface area (TPSA) is 88.3 Å².